The number of amides is 1. The van der Waals surface area contributed by atoms with E-state index in [0.717, 1.165) is 48.1 Å². The van der Waals surface area contributed by atoms with Crippen molar-refractivity contribution >= 4 is 22.4 Å². The Kier molecular flexibility index (Phi) is 6.27. The van der Waals surface area contributed by atoms with Crippen LogP contribution in [0.2, 0.25) is 0 Å². The molecule has 1 aromatic carbocycles. The Morgan fingerprint density at radius 1 is 1.35 bits per heavy atom. The molecule has 6 heteroatoms. The first-order valence-electron chi connectivity index (χ1n) is 9.15. The average molecular weight is 374 g/mol. The first-order valence-corrected chi connectivity index (χ1v) is 10.0. The molecule has 1 N–H and O–H groups in total. The zero-order chi connectivity index (χ0) is 18.5. The smallest absolute Gasteiger partial charge is 0.264 e. The number of ether oxygens (including phenoxy) is 1. The lowest BCUT2D eigenvalue weighted by Gasteiger charge is -2.30. The van der Waals surface area contributed by atoms with E-state index in [-0.39, 0.29) is 12.5 Å². The Morgan fingerprint density at radius 2 is 2.12 bits per heavy atom. The fourth-order valence-electron chi connectivity index (χ4n) is 3.42. The number of hydrogen-bond acceptors (Lipinski definition) is 5. The van der Waals surface area contributed by atoms with Gasteiger partial charge in [-0.15, -0.1) is 11.3 Å². The summed E-state index contributed by atoms with van der Waals surface area (Å²) < 4.78 is 5.60. The van der Waals surface area contributed by atoms with Crippen molar-refractivity contribution in [1.29, 1.82) is 0 Å². The fourth-order valence-corrected chi connectivity index (χ4v) is 4.13. The van der Waals surface area contributed by atoms with Crippen LogP contribution in [0.15, 0.2) is 23.6 Å². The number of nitrogens with one attached hydrogen (secondary N) is 1. The van der Waals surface area contributed by atoms with Gasteiger partial charge in [0.25, 0.3) is 5.91 Å². The molecule has 1 aliphatic heterocycles. The molecule has 0 unspecified atom stereocenters. The van der Waals surface area contributed by atoms with Crippen molar-refractivity contribution in [3.8, 4) is 5.75 Å². The quantitative estimate of drug-likeness (QED) is 0.831. The molecule has 2 heterocycles. The average Bonchev–Trinajstić information content (AvgIpc) is 2.99. The Labute approximate surface area is 159 Å². The van der Waals surface area contributed by atoms with Crippen molar-refractivity contribution in [3.05, 3.63) is 40.4 Å². The molecule has 3 rings (SSSR count). The van der Waals surface area contributed by atoms with Crippen molar-refractivity contribution < 1.29 is 9.53 Å². The van der Waals surface area contributed by atoms with Gasteiger partial charge in [-0.25, -0.2) is 4.98 Å². The van der Waals surface area contributed by atoms with Crippen LogP contribution in [0.5, 0.6) is 5.75 Å². The minimum absolute atomic E-state index is 0.0125. The highest BCUT2D eigenvalue weighted by atomic mass is 32.1. The number of piperidine rings is 1. The maximum Gasteiger partial charge on any atom is 0.264 e. The van der Waals surface area contributed by atoms with Gasteiger partial charge >= 0.3 is 0 Å². The number of anilines is 1. The third-order valence-electron chi connectivity index (χ3n) is 4.49. The number of aromatic nitrogens is 1. The summed E-state index contributed by atoms with van der Waals surface area (Å²) >= 11 is 1.47. The Bertz CT molecular complexity index is 739. The van der Waals surface area contributed by atoms with E-state index in [2.05, 4.69) is 28.2 Å². The van der Waals surface area contributed by atoms with Crippen LogP contribution in [0.4, 0.5) is 5.13 Å². The van der Waals surface area contributed by atoms with Crippen LogP contribution in [-0.2, 0) is 11.3 Å². The molecule has 0 saturated carbocycles. The Morgan fingerprint density at radius 3 is 2.85 bits per heavy atom. The summed E-state index contributed by atoms with van der Waals surface area (Å²) in [5.74, 6) is 1.29. The van der Waals surface area contributed by atoms with Crippen LogP contribution < -0.4 is 10.1 Å². The second-order valence-corrected chi connectivity index (χ2v) is 8.14. The molecule has 140 valence electrons. The fraction of sp³-hybridized carbons (Fsp3) is 0.500. The van der Waals surface area contributed by atoms with Crippen molar-refractivity contribution in [1.82, 2.24) is 9.88 Å². The number of carbonyl (C=O) groups is 1. The highest BCUT2D eigenvalue weighted by Crippen LogP contribution is 2.21. The minimum Gasteiger partial charge on any atom is -0.484 e. The molecular formula is C20H27N3O2S. The molecule has 1 atom stereocenters. The highest BCUT2D eigenvalue weighted by Gasteiger charge is 2.17. The van der Waals surface area contributed by atoms with Gasteiger partial charge in [0.05, 0.1) is 5.69 Å². The molecule has 0 aliphatic carbocycles. The number of aryl methyl sites for hydroxylation is 2. The summed E-state index contributed by atoms with van der Waals surface area (Å²) in [6.07, 6.45) is 2.57. The molecule has 26 heavy (non-hydrogen) atoms. The van der Waals surface area contributed by atoms with Crippen LogP contribution in [-0.4, -0.2) is 35.5 Å². The lowest BCUT2D eigenvalue weighted by Crippen LogP contribution is -2.33. The summed E-state index contributed by atoms with van der Waals surface area (Å²) in [4.78, 5) is 19.1. The van der Waals surface area contributed by atoms with Gasteiger partial charge in [-0.05, 0) is 62.4 Å². The standard InChI is InChI=1S/C20H27N3O2S/c1-14-5-4-6-23(10-14)11-17-13-26-20(21-17)22-19(24)12-25-18-8-15(2)7-16(3)9-18/h7-9,13-14H,4-6,10-12H2,1-3H3,(H,21,22,24)/t14-/m1/s1. The molecule has 1 fully saturated rings. The van der Waals surface area contributed by atoms with E-state index in [9.17, 15) is 4.79 Å². The molecule has 1 aromatic heterocycles. The Balaban J connectivity index is 1.48. The van der Waals surface area contributed by atoms with Crippen molar-refractivity contribution in [2.24, 2.45) is 5.92 Å². The summed E-state index contributed by atoms with van der Waals surface area (Å²) in [5, 5.41) is 5.50. The van der Waals surface area contributed by atoms with Gasteiger partial charge in [-0.3, -0.25) is 15.0 Å². The van der Waals surface area contributed by atoms with Crippen molar-refractivity contribution in [2.75, 3.05) is 25.0 Å². The molecule has 2 aromatic rings. The lowest BCUT2D eigenvalue weighted by molar-refractivity contribution is -0.118. The largest absolute Gasteiger partial charge is 0.484 e. The van der Waals surface area contributed by atoms with E-state index in [4.69, 9.17) is 4.74 Å². The normalized spacial score (nSPS) is 17.9. The summed E-state index contributed by atoms with van der Waals surface area (Å²) in [5.41, 5.74) is 3.27. The van der Waals surface area contributed by atoms with E-state index in [0.29, 0.717) is 5.13 Å². The summed E-state index contributed by atoms with van der Waals surface area (Å²) in [7, 11) is 0. The lowest BCUT2D eigenvalue weighted by atomic mass is 10.0. The first kappa shape index (κ1) is 18.9. The molecular weight excluding hydrogens is 346 g/mol. The molecule has 0 spiro atoms. The van der Waals surface area contributed by atoms with Crippen molar-refractivity contribution in [2.45, 2.75) is 40.2 Å². The number of carbonyl (C=O) groups excluding carboxylic acids is 1. The second-order valence-electron chi connectivity index (χ2n) is 7.29. The number of nitrogens with zero attached hydrogens (tertiary/aromatic N) is 2. The summed E-state index contributed by atoms with van der Waals surface area (Å²) in [6.45, 7) is 9.43. The van der Waals surface area contributed by atoms with Crippen LogP contribution in [0, 0.1) is 19.8 Å². The van der Waals surface area contributed by atoms with Crippen LogP contribution in [0.1, 0.15) is 36.6 Å². The zero-order valence-corrected chi connectivity index (χ0v) is 16.6. The van der Waals surface area contributed by atoms with E-state index in [1.807, 2.05) is 31.4 Å². The van der Waals surface area contributed by atoms with Gasteiger partial charge in [0.2, 0.25) is 0 Å². The van der Waals surface area contributed by atoms with Gasteiger partial charge in [-0.2, -0.15) is 0 Å². The number of rotatable bonds is 6. The van der Waals surface area contributed by atoms with Crippen LogP contribution in [0.25, 0.3) is 0 Å². The van der Waals surface area contributed by atoms with E-state index < -0.39 is 0 Å². The van der Waals surface area contributed by atoms with Crippen LogP contribution in [0.3, 0.4) is 0 Å². The zero-order valence-electron chi connectivity index (χ0n) is 15.7. The predicted molar refractivity (Wildman–Crippen MR) is 106 cm³/mol. The highest BCUT2D eigenvalue weighted by molar-refractivity contribution is 7.13. The maximum atomic E-state index is 12.1. The van der Waals surface area contributed by atoms with E-state index in [1.54, 1.807) is 0 Å². The monoisotopic (exact) mass is 373 g/mol. The minimum atomic E-state index is -0.184. The molecule has 1 saturated heterocycles. The third kappa shape index (κ3) is 5.54. The van der Waals surface area contributed by atoms with Gasteiger partial charge < -0.3 is 4.74 Å². The van der Waals surface area contributed by atoms with Crippen LogP contribution >= 0.6 is 11.3 Å². The third-order valence-corrected chi connectivity index (χ3v) is 5.30. The molecule has 1 amide bonds. The maximum absolute atomic E-state index is 12.1. The number of thiazole rings is 1. The van der Waals surface area contributed by atoms with E-state index >= 15 is 0 Å². The molecule has 5 nitrogen and oxygen atoms in total. The molecule has 0 bridgehead atoms. The number of benzene rings is 1. The number of hydrogen-bond donors (Lipinski definition) is 1. The topological polar surface area (TPSA) is 54.5 Å². The molecule has 1 aliphatic rings. The Hall–Kier alpha value is -1.92. The SMILES string of the molecule is Cc1cc(C)cc(OCC(=O)Nc2nc(CN3CCC[C@@H](C)C3)cs2)c1. The number of likely N-dealkylation sites (tertiary alicyclic amines) is 1. The van der Waals surface area contributed by atoms with E-state index in [1.165, 1.54) is 24.2 Å². The van der Waals surface area contributed by atoms with Gasteiger partial charge in [-0.1, -0.05) is 13.0 Å². The summed E-state index contributed by atoms with van der Waals surface area (Å²) in [6, 6.07) is 5.94. The van der Waals surface area contributed by atoms with Gasteiger partial charge in [0, 0.05) is 18.5 Å². The first-order chi connectivity index (χ1) is 12.5. The van der Waals surface area contributed by atoms with Gasteiger partial charge in [0.1, 0.15) is 5.75 Å². The molecule has 0 radical (unpaired) electrons. The van der Waals surface area contributed by atoms with Gasteiger partial charge in [0.15, 0.2) is 11.7 Å². The predicted octanol–water partition coefficient (Wildman–Crippen LogP) is 4.01. The second kappa shape index (κ2) is 8.64. The van der Waals surface area contributed by atoms with Crippen molar-refractivity contribution in [3.63, 3.8) is 0 Å².